The highest BCUT2D eigenvalue weighted by molar-refractivity contribution is 7.19. The van der Waals surface area contributed by atoms with Crippen LogP contribution in [0.4, 0.5) is 0 Å². The van der Waals surface area contributed by atoms with Crippen LogP contribution in [0.3, 0.4) is 0 Å². The molecule has 3 rings (SSSR count). The van der Waals surface area contributed by atoms with Crippen molar-refractivity contribution in [3.63, 3.8) is 0 Å². The Morgan fingerprint density at radius 2 is 2.22 bits per heavy atom. The first kappa shape index (κ1) is 11.7. The van der Waals surface area contributed by atoms with Crippen molar-refractivity contribution in [2.45, 2.75) is 25.7 Å². The standard InChI is InChI=1S/C17H18S/c1-13-6-4-8-14(13)9-5-10-16-12-15-7-2-3-11-17(15)18-16/h2-3,5,7,9,11-12,14H,1,4,6,8,10H2/b9-5+. The summed E-state index contributed by atoms with van der Waals surface area (Å²) in [5.74, 6) is 0.638. The third-order valence-corrected chi connectivity index (χ3v) is 4.84. The van der Waals surface area contributed by atoms with Gasteiger partial charge in [-0.05, 0) is 49.1 Å². The Kier molecular flexibility index (Phi) is 3.33. The van der Waals surface area contributed by atoms with E-state index in [1.165, 1.54) is 39.8 Å². The van der Waals surface area contributed by atoms with Crippen LogP contribution in [0.2, 0.25) is 0 Å². The van der Waals surface area contributed by atoms with Gasteiger partial charge in [-0.3, -0.25) is 0 Å². The molecule has 0 amide bonds. The fourth-order valence-electron chi connectivity index (χ4n) is 2.66. The van der Waals surface area contributed by atoms with Crippen LogP contribution >= 0.6 is 11.3 Å². The van der Waals surface area contributed by atoms with Gasteiger partial charge >= 0.3 is 0 Å². The van der Waals surface area contributed by atoms with Gasteiger partial charge in [-0.2, -0.15) is 0 Å². The third kappa shape index (κ3) is 2.41. The lowest BCUT2D eigenvalue weighted by molar-refractivity contribution is 0.764. The van der Waals surface area contributed by atoms with Gasteiger partial charge < -0.3 is 0 Å². The van der Waals surface area contributed by atoms with Gasteiger partial charge in [0.2, 0.25) is 0 Å². The first-order valence-electron chi connectivity index (χ1n) is 6.65. The number of rotatable bonds is 3. The molecule has 1 heteroatoms. The maximum atomic E-state index is 4.15. The molecule has 0 radical (unpaired) electrons. The van der Waals surface area contributed by atoms with Crippen molar-refractivity contribution in [1.29, 1.82) is 0 Å². The van der Waals surface area contributed by atoms with Crippen LogP contribution in [-0.4, -0.2) is 0 Å². The highest BCUT2D eigenvalue weighted by Gasteiger charge is 2.15. The average molecular weight is 254 g/mol. The monoisotopic (exact) mass is 254 g/mol. The van der Waals surface area contributed by atoms with Gasteiger partial charge in [0, 0.05) is 9.58 Å². The molecule has 1 aromatic heterocycles. The summed E-state index contributed by atoms with van der Waals surface area (Å²) in [6, 6.07) is 10.9. The van der Waals surface area contributed by atoms with Gasteiger partial charge in [-0.25, -0.2) is 0 Å². The molecule has 1 aliphatic rings. The van der Waals surface area contributed by atoms with Crippen molar-refractivity contribution in [2.75, 3.05) is 0 Å². The van der Waals surface area contributed by atoms with E-state index < -0.39 is 0 Å². The molecule has 1 aliphatic carbocycles. The minimum Gasteiger partial charge on any atom is -0.140 e. The number of hydrogen-bond acceptors (Lipinski definition) is 1. The van der Waals surface area contributed by atoms with E-state index >= 15 is 0 Å². The maximum Gasteiger partial charge on any atom is 0.0345 e. The summed E-state index contributed by atoms with van der Waals surface area (Å²) in [5, 5.41) is 1.37. The number of benzene rings is 1. The van der Waals surface area contributed by atoms with Crippen LogP contribution < -0.4 is 0 Å². The van der Waals surface area contributed by atoms with E-state index in [0.717, 1.165) is 6.42 Å². The largest absolute Gasteiger partial charge is 0.140 e. The van der Waals surface area contributed by atoms with Crippen molar-refractivity contribution in [2.24, 2.45) is 5.92 Å². The van der Waals surface area contributed by atoms with Crippen molar-refractivity contribution in [3.05, 3.63) is 59.5 Å². The van der Waals surface area contributed by atoms with E-state index in [1.807, 2.05) is 11.3 Å². The van der Waals surface area contributed by atoms with E-state index in [4.69, 9.17) is 0 Å². The third-order valence-electron chi connectivity index (χ3n) is 3.70. The van der Waals surface area contributed by atoms with Crippen LogP contribution in [0.25, 0.3) is 10.1 Å². The van der Waals surface area contributed by atoms with Crippen LogP contribution in [0.15, 0.2) is 54.6 Å². The van der Waals surface area contributed by atoms with Gasteiger partial charge in [0.25, 0.3) is 0 Å². The molecule has 0 nitrogen and oxygen atoms in total. The van der Waals surface area contributed by atoms with Crippen molar-refractivity contribution < 1.29 is 0 Å². The Balaban J connectivity index is 1.69. The van der Waals surface area contributed by atoms with Gasteiger partial charge in [0.15, 0.2) is 0 Å². The lowest BCUT2D eigenvalue weighted by Gasteiger charge is -2.02. The molecule has 1 aromatic carbocycles. The zero-order valence-corrected chi connectivity index (χ0v) is 11.4. The highest BCUT2D eigenvalue weighted by atomic mass is 32.1. The van der Waals surface area contributed by atoms with E-state index in [-0.39, 0.29) is 0 Å². The molecular formula is C17H18S. The summed E-state index contributed by atoms with van der Waals surface area (Å²) in [4.78, 5) is 1.45. The first-order valence-corrected chi connectivity index (χ1v) is 7.46. The van der Waals surface area contributed by atoms with Crippen molar-refractivity contribution >= 4 is 21.4 Å². The van der Waals surface area contributed by atoms with Crippen LogP contribution in [0.1, 0.15) is 24.1 Å². The first-order chi connectivity index (χ1) is 8.83. The molecule has 1 fully saturated rings. The number of thiophene rings is 1. The summed E-state index contributed by atoms with van der Waals surface area (Å²) < 4.78 is 1.39. The average Bonchev–Trinajstić information content (AvgIpc) is 2.96. The molecule has 92 valence electrons. The zero-order valence-electron chi connectivity index (χ0n) is 10.6. The van der Waals surface area contributed by atoms with E-state index in [1.54, 1.807) is 0 Å². The topological polar surface area (TPSA) is 0 Å². The lowest BCUT2D eigenvalue weighted by Crippen LogP contribution is -1.89. The van der Waals surface area contributed by atoms with Crippen molar-refractivity contribution in [1.82, 2.24) is 0 Å². The quantitative estimate of drug-likeness (QED) is 0.647. The highest BCUT2D eigenvalue weighted by Crippen LogP contribution is 2.31. The Bertz CT molecular complexity index is 555. The molecule has 0 bridgehead atoms. The fourth-order valence-corrected chi connectivity index (χ4v) is 3.70. The molecule has 0 spiro atoms. The predicted molar refractivity (Wildman–Crippen MR) is 81.2 cm³/mol. The predicted octanol–water partition coefficient (Wildman–Crippen LogP) is 5.36. The molecule has 2 aromatic rings. The molecular weight excluding hydrogens is 236 g/mol. The summed E-state index contributed by atoms with van der Waals surface area (Å²) in [6.45, 7) is 4.15. The van der Waals surface area contributed by atoms with Crippen LogP contribution in [0, 0.1) is 5.92 Å². The van der Waals surface area contributed by atoms with Gasteiger partial charge in [0.1, 0.15) is 0 Å². The second-order valence-corrected chi connectivity index (χ2v) is 6.21. The van der Waals surface area contributed by atoms with E-state index in [9.17, 15) is 0 Å². The van der Waals surface area contributed by atoms with E-state index in [2.05, 4.69) is 49.1 Å². The minimum atomic E-state index is 0.638. The Labute approximate surface area is 113 Å². The minimum absolute atomic E-state index is 0.638. The number of fused-ring (bicyclic) bond motifs is 1. The second kappa shape index (κ2) is 5.11. The second-order valence-electron chi connectivity index (χ2n) is 5.04. The number of hydrogen-bond donors (Lipinski definition) is 0. The normalized spacial score (nSPS) is 20.2. The molecule has 0 aliphatic heterocycles. The van der Waals surface area contributed by atoms with Gasteiger partial charge in [-0.1, -0.05) is 42.5 Å². The van der Waals surface area contributed by atoms with Gasteiger partial charge in [-0.15, -0.1) is 11.3 Å². The molecule has 0 N–H and O–H groups in total. The Morgan fingerprint density at radius 1 is 1.33 bits per heavy atom. The van der Waals surface area contributed by atoms with Gasteiger partial charge in [0.05, 0.1) is 0 Å². The summed E-state index contributed by atoms with van der Waals surface area (Å²) in [7, 11) is 0. The molecule has 0 saturated heterocycles. The Hall–Kier alpha value is -1.34. The summed E-state index contributed by atoms with van der Waals surface area (Å²) >= 11 is 1.91. The summed E-state index contributed by atoms with van der Waals surface area (Å²) in [6.07, 6.45) is 9.57. The van der Waals surface area contributed by atoms with E-state index in [0.29, 0.717) is 5.92 Å². The van der Waals surface area contributed by atoms with Crippen LogP contribution in [0.5, 0.6) is 0 Å². The number of allylic oxidation sites excluding steroid dienone is 3. The smallest absolute Gasteiger partial charge is 0.0345 e. The Morgan fingerprint density at radius 3 is 3.00 bits per heavy atom. The zero-order chi connectivity index (χ0) is 12.4. The van der Waals surface area contributed by atoms with Crippen molar-refractivity contribution in [3.8, 4) is 0 Å². The molecule has 18 heavy (non-hydrogen) atoms. The van der Waals surface area contributed by atoms with Crippen LogP contribution in [-0.2, 0) is 6.42 Å². The molecule has 1 saturated carbocycles. The molecule has 1 heterocycles. The maximum absolute atomic E-state index is 4.15. The molecule has 1 unspecified atom stereocenters. The molecule has 1 atom stereocenters. The summed E-state index contributed by atoms with van der Waals surface area (Å²) in [5.41, 5.74) is 1.42. The lowest BCUT2D eigenvalue weighted by atomic mass is 10.0. The SMILES string of the molecule is C=C1CCCC1/C=C/Cc1cc2ccccc2s1. The fraction of sp³-hybridized carbons (Fsp3) is 0.294.